The van der Waals surface area contributed by atoms with Crippen molar-refractivity contribution in [3.05, 3.63) is 23.9 Å². The van der Waals surface area contributed by atoms with Crippen LogP contribution >= 0.6 is 0 Å². The van der Waals surface area contributed by atoms with E-state index in [2.05, 4.69) is 31.0 Å². The monoisotopic (exact) mass is 571 g/mol. The fourth-order valence-electron chi connectivity index (χ4n) is 5.52. The van der Waals surface area contributed by atoms with E-state index in [4.69, 9.17) is 4.74 Å². The van der Waals surface area contributed by atoms with E-state index in [0.29, 0.717) is 36.2 Å². The van der Waals surface area contributed by atoms with Gasteiger partial charge in [-0.25, -0.2) is 19.2 Å². The largest absolute Gasteiger partial charge is 0.444 e. The van der Waals surface area contributed by atoms with Gasteiger partial charge in [0.1, 0.15) is 11.3 Å². The number of aryl methyl sites for hydroxylation is 1. The predicted octanol–water partition coefficient (Wildman–Crippen LogP) is 6.15. The first-order valence-corrected chi connectivity index (χ1v) is 15.7. The molecule has 3 N–H and O–H groups in total. The zero-order chi connectivity index (χ0) is 29.2. The van der Waals surface area contributed by atoms with Gasteiger partial charge < -0.3 is 20.7 Å². The summed E-state index contributed by atoms with van der Waals surface area (Å²) < 4.78 is 21.9. The molecule has 2 aliphatic rings. The lowest BCUT2D eigenvalue weighted by molar-refractivity contribution is 0.0527. The summed E-state index contributed by atoms with van der Waals surface area (Å²) >= 11 is 0. The number of carbonyl (C=O) groups is 1. The zero-order valence-electron chi connectivity index (χ0n) is 25.5. The molecule has 0 unspecified atom stereocenters. The number of carbonyl (C=O) groups excluding carboxylic acids is 1. The van der Waals surface area contributed by atoms with Crippen molar-refractivity contribution in [2.24, 2.45) is 13.0 Å². The third-order valence-electron chi connectivity index (χ3n) is 8.00. The van der Waals surface area contributed by atoms with Crippen LogP contribution in [0.5, 0.6) is 0 Å². The Morgan fingerprint density at radius 3 is 2.32 bits per heavy atom. The van der Waals surface area contributed by atoms with Gasteiger partial charge in [0, 0.05) is 36.9 Å². The minimum absolute atomic E-state index is 0.302. The SMILES string of the molecule is Cn1ncc(-c2nc(NC3CCC(NCCCCCCCCNC(=O)OC(C)(C)C)CC3)ncc2F)c1CC1CC1. The Morgan fingerprint density at radius 2 is 1.63 bits per heavy atom. The van der Waals surface area contributed by atoms with Gasteiger partial charge >= 0.3 is 6.09 Å². The van der Waals surface area contributed by atoms with E-state index in [-0.39, 0.29) is 6.09 Å². The van der Waals surface area contributed by atoms with E-state index < -0.39 is 11.4 Å². The number of anilines is 1. The Balaban J connectivity index is 1.07. The summed E-state index contributed by atoms with van der Waals surface area (Å²) in [5.41, 5.74) is 1.73. The fraction of sp³-hybridized carbons (Fsp3) is 0.742. The molecule has 1 amide bonds. The van der Waals surface area contributed by atoms with Crippen LogP contribution in [0.3, 0.4) is 0 Å². The maximum atomic E-state index is 14.7. The van der Waals surface area contributed by atoms with Gasteiger partial charge in [0.15, 0.2) is 5.82 Å². The third kappa shape index (κ3) is 10.5. The highest BCUT2D eigenvalue weighted by Gasteiger charge is 2.27. The number of aromatic nitrogens is 4. The molecule has 0 atom stereocenters. The first kappa shape index (κ1) is 31.2. The predicted molar refractivity (Wildman–Crippen MR) is 160 cm³/mol. The number of ether oxygens (including phenoxy) is 1. The molecule has 2 heterocycles. The molecule has 10 heteroatoms. The minimum Gasteiger partial charge on any atom is -0.444 e. The van der Waals surface area contributed by atoms with Crippen molar-refractivity contribution >= 4 is 12.0 Å². The molecule has 41 heavy (non-hydrogen) atoms. The maximum Gasteiger partial charge on any atom is 0.407 e. The molecule has 9 nitrogen and oxygen atoms in total. The molecule has 0 radical (unpaired) electrons. The van der Waals surface area contributed by atoms with Gasteiger partial charge in [-0.3, -0.25) is 4.68 Å². The van der Waals surface area contributed by atoms with Gasteiger partial charge in [-0.15, -0.1) is 0 Å². The Bertz CT molecular complexity index is 1100. The van der Waals surface area contributed by atoms with Crippen LogP contribution in [0.4, 0.5) is 15.1 Å². The smallest absolute Gasteiger partial charge is 0.407 e. The van der Waals surface area contributed by atoms with Gasteiger partial charge in [-0.05, 0) is 91.0 Å². The quantitative estimate of drug-likeness (QED) is 0.220. The number of amides is 1. The van der Waals surface area contributed by atoms with Crippen LogP contribution in [-0.2, 0) is 18.2 Å². The van der Waals surface area contributed by atoms with Gasteiger partial charge in [0.2, 0.25) is 5.95 Å². The summed E-state index contributed by atoms with van der Waals surface area (Å²) in [5.74, 6) is 0.782. The standard InChI is InChI=1S/C31H50FN7O2/c1-31(2,3)41-30(40)34-18-10-8-6-5-7-9-17-33-23-13-15-24(16-14-23)37-29-35-21-26(32)28(38-29)25-20-36-39(4)27(25)19-22-11-12-22/h20-24,33H,5-19H2,1-4H3,(H,34,40)(H,35,37,38). The molecule has 0 bridgehead atoms. The van der Waals surface area contributed by atoms with Crippen LogP contribution in [0.25, 0.3) is 11.3 Å². The molecule has 0 aromatic carbocycles. The van der Waals surface area contributed by atoms with E-state index >= 15 is 0 Å². The molecule has 2 aromatic heterocycles. The summed E-state index contributed by atoms with van der Waals surface area (Å²) in [4.78, 5) is 20.5. The highest BCUT2D eigenvalue weighted by molar-refractivity contribution is 5.67. The van der Waals surface area contributed by atoms with Crippen LogP contribution in [0.15, 0.2) is 12.4 Å². The maximum absolute atomic E-state index is 14.7. The lowest BCUT2D eigenvalue weighted by atomic mass is 9.91. The molecule has 228 valence electrons. The number of halogens is 1. The number of nitrogens with one attached hydrogen (secondary N) is 3. The first-order valence-electron chi connectivity index (χ1n) is 15.7. The topological polar surface area (TPSA) is 106 Å². The van der Waals surface area contributed by atoms with Gasteiger partial charge in [-0.2, -0.15) is 5.10 Å². The lowest BCUT2D eigenvalue weighted by Crippen LogP contribution is -2.37. The van der Waals surface area contributed by atoms with Gasteiger partial charge in [0.05, 0.1) is 12.4 Å². The number of rotatable bonds is 15. The number of hydrogen-bond donors (Lipinski definition) is 3. The number of alkyl carbamates (subject to hydrolysis) is 1. The molecule has 4 rings (SSSR count). The number of nitrogens with zero attached hydrogens (tertiary/aromatic N) is 4. The average Bonchev–Trinajstić information content (AvgIpc) is 3.67. The molecule has 2 aromatic rings. The Kier molecular flexibility index (Phi) is 11.4. The second kappa shape index (κ2) is 14.9. The van der Waals surface area contributed by atoms with E-state index in [1.54, 1.807) is 6.20 Å². The third-order valence-corrected chi connectivity index (χ3v) is 8.00. The molecule has 2 fully saturated rings. The van der Waals surface area contributed by atoms with Crippen LogP contribution < -0.4 is 16.0 Å². The minimum atomic E-state index is -0.446. The van der Waals surface area contributed by atoms with Gasteiger partial charge in [0.25, 0.3) is 0 Å². The van der Waals surface area contributed by atoms with E-state index in [0.717, 1.165) is 62.7 Å². The summed E-state index contributed by atoms with van der Waals surface area (Å²) in [6, 6.07) is 0.855. The first-order chi connectivity index (χ1) is 19.7. The molecular formula is C31H50FN7O2. The molecule has 2 saturated carbocycles. The van der Waals surface area contributed by atoms with Crippen molar-refractivity contribution in [1.82, 2.24) is 30.4 Å². The van der Waals surface area contributed by atoms with Crippen molar-refractivity contribution < 1.29 is 13.9 Å². The van der Waals surface area contributed by atoms with E-state index in [1.807, 2.05) is 32.5 Å². The molecular weight excluding hydrogens is 521 g/mol. The summed E-state index contributed by atoms with van der Waals surface area (Å²) in [6.45, 7) is 7.35. The molecule has 0 saturated heterocycles. The highest BCUT2D eigenvalue weighted by atomic mass is 19.1. The van der Waals surface area contributed by atoms with Crippen molar-refractivity contribution in [3.63, 3.8) is 0 Å². The van der Waals surface area contributed by atoms with E-state index in [9.17, 15) is 9.18 Å². The lowest BCUT2D eigenvalue weighted by Gasteiger charge is -2.30. The number of unbranched alkanes of at least 4 members (excludes halogenated alkanes) is 5. The van der Waals surface area contributed by atoms with Crippen molar-refractivity contribution in [3.8, 4) is 11.3 Å². The van der Waals surface area contributed by atoms with Crippen molar-refractivity contribution in [2.45, 2.75) is 122 Å². The fourth-order valence-corrected chi connectivity index (χ4v) is 5.52. The van der Waals surface area contributed by atoms with Crippen LogP contribution in [-0.4, -0.2) is 56.6 Å². The second-order valence-corrected chi connectivity index (χ2v) is 12.9. The zero-order valence-corrected chi connectivity index (χ0v) is 25.5. The number of hydrogen-bond acceptors (Lipinski definition) is 7. The summed E-state index contributed by atoms with van der Waals surface area (Å²) in [7, 11) is 1.92. The Morgan fingerprint density at radius 1 is 0.976 bits per heavy atom. The van der Waals surface area contributed by atoms with Crippen LogP contribution in [0.1, 0.15) is 104 Å². The summed E-state index contributed by atoms with van der Waals surface area (Å²) in [5, 5.41) is 14.4. The molecule has 2 aliphatic carbocycles. The van der Waals surface area contributed by atoms with E-state index in [1.165, 1.54) is 44.7 Å². The van der Waals surface area contributed by atoms with Crippen LogP contribution in [0, 0.1) is 11.7 Å². The average molecular weight is 572 g/mol. The molecule has 0 aliphatic heterocycles. The normalized spacial score (nSPS) is 19.2. The van der Waals surface area contributed by atoms with Crippen LogP contribution in [0.2, 0.25) is 0 Å². The molecule has 0 spiro atoms. The Labute approximate surface area is 244 Å². The summed E-state index contributed by atoms with van der Waals surface area (Å²) in [6.07, 6.45) is 17.4. The van der Waals surface area contributed by atoms with Crippen molar-refractivity contribution in [2.75, 3.05) is 18.4 Å². The highest BCUT2D eigenvalue weighted by Crippen LogP contribution is 2.36. The second-order valence-electron chi connectivity index (χ2n) is 12.9. The Hall–Kier alpha value is -2.75. The van der Waals surface area contributed by atoms with Gasteiger partial charge in [-0.1, -0.05) is 25.7 Å². The van der Waals surface area contributed by atoms with Crippen molar-refractivity contribution in [1.29, 1.82) is 0 Å².